The van der Waals surface area contributed by atoms with E-state index < -0.39 is 0 Å². The fourth-order valence-electron chi connectivity index (χ4n) is 3.17. The summed E-state index contributed by atoms with van der Waals surface area (Å²) in [5.74, 6) is 1.64. The van der Waals surface area contributed by atoms with Gasteiger partial charge < -0.3 is 4.90 Å². The van der Waals surface area contributed by atoms with Crippen molar-refractivity contribution in [3.63, 3.8) is 0 Å². The molecular formula is C17H18BrN5. The van der Waals surface area contributed by atoms with E-state index in [1.165, 1.54) is 5.56 Å². The Morgan fingerprint density at radius 2 is 2.04 bits per heavy atom. The minimum atomic E-state index is 0.617. The SMILES string of the molecule is Cc1cc(C)c2ccc(N3CC(Cn4cc(Br)cn4)C3)nc2n1. The third-order valence-electron chi connectivity index (χ3n) is 4.32. The highest BCUT2D eigenvalue weighted by molar-refractivity contribution is 9.10. The minimum absolute atomic E-state index is 0.617. The van der Waals surface area contributed by atoms with Crippen molar-refractivity contribution in [3.8, 4) is 0 Å². The summed E-state index contributed by atoms with van der Waals surface area (Å²) in [6.45, 7) is 7.11. The first-order valence-corrected chi connectivity index (χ1v) is 8.56. The monoisotopic (exact) mass is 371 g/mol. The molecule has 0 aliphatic carbocycles. The maximum absolute atomic E-state index is 4.75. The van der Waals surface area contributed by atoms with E-state index >= 15 is 0 Å². The average molecular weight is 372 g/mol. The van der Waals surface area contributed by atoms with Crippen molar-refractivity contribution in [1.29, 1.82) is 0 Å². The van der Waals surface area contributed by atoms with E-state index in [0.717, 1.165) is 46.7 Å². The molecular weight excluding hydrogens is 354 g/mol. The maximum Gasteiger partial charge on any atom is 0.162 e. The lowest BCUT2D eigenvalue weighted by Crippen LogP contribution is -2.49. The van der Waals surface area contributed by atoms with Gasteiger partial charge in [0, 0.05) is 42.8 Å². The van der Waals surface area contributed by atoms with Crippen molar-refractivity contribution < 1.29 is 0 Å². The predicted molar refractivity (Wildman–Crippen MR) is 94.6 cm³/mol. The van der Waals surface area contributed by atoms with E-state index in [2.05, 4.69) is 56.0 Å². The molecule has 1 aliphatic rings. The highest BCUT2D eigenvalue weighted by Gasteiger charge is 2.28. The molecule has 3 aromatic heterocycles. The zero-order valence-electron chi connectivity index (χ0n) is 13.2. The molecule has 0 atom stereocenters. The number of pyridine rings is 2. The number of fused-ring (bicyclic) bond motifs is 1. The number of halogens is 1. The summed E-state index contributed by atoms with van der Waals surface area (Å²) in [4.78, 5) is 11.6. The van der Waals surface area contributed by atoms with Crippen LogP contribution in [0.4, 0.5) is 5.82 Å². The fourth-order valence-corrected chi connectivity index (χ4v) is 3.50. The molecule has 0 spiro atoms. The van der Waals surface area contributed by atoms with Gasteiger partial charge in [0.15, 0.2) is 5.65 Å². The zero-order valence-corrected chi connectivity index (χ0v) is 14.8. The first-order valence-electron chi connectivity index (χ1n) is 7.76. The van der Waals surface area contributed by atoms with Gasteiger partial charge in [-0.3, -0.25) is 4.68 Å². The Kier molecular flexibility index (Phi) is 3.56. The molecule has 1 fully saturated rings. The van der Waals surface area contributed by atoms with E-state index in [0.29, 0.717) is 5.92 Å². The Morgan fingerprint density at radius 3 is 2.78 bits per heavy atom. The van der Waals surface area contributed by atoms with Crippen LogP contribution in [0.1, 0.15) is 11.3 Å². The summed E-state index contributed by atoms with van der Waals surface area (Å²) < 4.78 is 3.02. The molecule has 118 valence electrons. The first-order chi connectivity index (χ1) is 11.1. The quantitative estimate of drug-likeness (QED) is 0.708. The summed E-state index contributed by atoms with van der Waals surface area (Å²) in [6.07, 6.45) is 3.85. The van der Waals surface area contributed by atoms with Crippen LogP contribution in [0.25, 0.3) is 11.0 Å². The minimum Gasteiger partial charge on any atom is -0.356 e. The third kappa shape index (κ3) is 2.83. The van der Waals surface area contributed by atoms with Crippen LogP contribution < -0.4 is 4.90 Å². The van der Waals surface area contributed by atoms with Gasteiger partial charge in [-0.2, -0.15) is 5.10 Å². The van der Waals surface area contributed by atoms with E-state index in [4.69, 9.17) is 4.98 Å². The lowest BCUT2D eigenvalue weighted by molar-refractivity contribution is 0.340. The van der Waals surface area contributed by atoms with E-state index in [1.807, 2.05) is 24.0 Å². The zero-order chi connectivity index (χ0) is 16.0. The van der Waals surface area contributed by atoms with Crippen LogP contribution in [0.3, 0.4) is 0 Å². The highest BCUT2D eigenvalue weighted by atomic mass is 79.9. The topological polar surface area (TPSA) is 46.8 Å². The molecule has 4 rings (SSSR count). The number of aromatic nitrogens is 4. The van der Waals surface area contributed by atoms with Gasteiger partial charge in [-0.05, 0) is 53.5 Å². The van der Waals surface area contributed by atoms with Crippen molar-refractivity contribution in [1.82, 2.24) is 19.7 Å². The molecule has 0 aromatic carbocycles. The number of aryl methyl sites for hydroxylation is 2. The molecule has 0 radical (unpaired) electrons. The Labute approximate surface area is 143 Å². The van der Waals surface area contributed by atoms with Crippen molar-refractivity contribution >= 4 is 32.8 Å². The molecule has 0 unspecified atom stereocenters. The lowest BCUT2D eigenvalue weighted by atomic mass is 10.0. The van der Waals surface area contributed by atoms with Crippen molar-refractivity contribution in [2.75, 3.05) is 18.0 Å². The Bertz CT molecular complexity index is 867. The number of anilines is 1. The Morgan fingerprint density at radius 1 is 1.22 bits per heavy atom. The van der Waals surface area contributed by atoms with Gasteiger partial charge in [-0.25, -0.2) is 9.97 Å². The van der Waals surface area contributed by atoms with Crippen molar-refractivity contribution in [2.24, 2.45) is 5.92 Å². The van der Waals surface area contributed by atoms with Crippen LogP contribution in [0, 0.1) is 19.8 Å². The summed E-state index contributed by atoms with van der Waals surface area (Å²) in [7, 11) is 0. The number of nitrogens with zero attached hydrogens (tertiary/aromatic N) is 5. The van der Waals surface area contributed by atoms with Crippen LogP contribution in [0.2, 0.25) is 0 Å². The second-order valence-corrected chi connectivity index (χ2v) is 7.19. The molecule has 0 bridgehead atoms. The van der Waals surface area contributed by atoms with Crippen LogP contribution in [0.15, 0.2) is 35.1 Å². The number of hydrogen-bond acceptors (Lipinski definition) is 4. The smallest absolute Gasteiger partial charge is 0.162 e. The molecule has 0 N–H and O–H groups in total. The van der Waals surface area contributed by atoms with E-state index in [-0.39, 0.29) is 0 Å². The standard InChI is InChI=1S/C17H18BrN5/c1-11-5-12(2)20-17-15(11)3-4-16(21-17)22-7-13(8-22)9-23-10-14(18)6-19-23/h3-6,10,13H,7-9H2,1-2H3. The second-order valence-electron chi connectivity index (χ2n) is 6.27. The van der Waals surface area contributed by atoms with Gasteiger partial charge in [0.25, 0.3) is 0 Å². The third-order valence-corrected chi connectivity index (χ3v) is 4.73. The molecule has 1 aliphatic heterocycles. The summed E-state index contributed by atoms with van der Waals surface area (Å²) in [5.41, 5.74) is 3.10. The summed E-state index contributed by atoms with van der Waals surface area (Å²) in [6, 6.07) is 6.34. The Hall–Kier alpha value is -1.95. The van der Waals surface area contributed by atoms with Gasteiger partial charge in [-0.1, -0.05) is 0 Å². The molecule has 6 heteroatoms. The normalized spacial score (nSPS) is 15.2. The largest absolute Gasteiger partial charge is 0.356 e. The van der Waals surface area contributed by atoms with Gasteiger partial charge in [-0.15, -0.1) is 0 Å². The van der Waals surface area contributed by atoms with E-state index in [1.54, 1.807) is 0 Å². The van der Waals surface area contributed by atoms with Crippen LogP contribution in [-0.4, -0.2) is 32.8 Å². The molecule has 4 heterocycles. The number of hydrogen-bond donors (Lipinski definition) is 0. The predicted octanol–water partition coefficient (Wildman–Crippen LogP) is 3.34. The van der Waals surface area contributed by atoms with E-state index in [9.17, 15) is 0 Å². The van der Waals surface area contributed by atoms with Crippen LogP contribution in [-0.2, 0) is 6.54 Å². The van der Waals surface area contributed by atoms with Gasteiger partial charge in [0.05, 0.1) is 10.7 Å². The van der Waals surface area contributed by atoms with Gasteiger partial charge >= 0.3 is 0 Å². The van der Waals surface area contributed by atoms with Crippen molar-refractivity contribution in [2.45, 2.75) is 20.4 Å². The lowest BCUT2D eigenvalue weighted by Gasteiger charge is -2.40. The van der Waals surface area contributed by atoms with Gasteiger partial charge in [0.2, 0.25) is 0 Å². The first kappa shape index (κ1) is 14.6. The average Bonchev–Trinajstić information content (AvgIpc) is 2.87. The van der Waals surface area contributed by atoms with Crippen LogP contribution >= 0.6 is 15.9 Å². The molecule has 1 saturated heterocycles. The molecule has 3 aromatic rings. The Balaban J connectivity index is 1.48. The van der Waals surface area contributed by atoms with Crippen molar-refractivity contribution in [3.05, 3.63) is 46.3 Å². The highest BCUT2D eigenvalue weighted by Crippen LogP contribution is 2.26. The molecule has 23 heavy (non-hydrogen) atoms. The summed E-state index contributed by atoms with van der Waals surface area (Å²) >= 11 is 3.43. The molecule has 0 saturated carbocycles. The number of rotatable bonds is 3. The molecule has 0 amide bonds. The summed E-state index contributed by atoms with van der Waals surface area (Å²) in [5, 5.41) is 5.46. The van der Waals surface area contributed by atoms with Crippen LogP contribution in [0.5, 0.6) is 0 Å². The second kappa shape index (κ2) is 5.60. The van der Waals surface area contributed by atoms with Gasteiger partial charge in [0.1, 0.15) is 5.82 Å². The fraction of sp³-hybridized carbons (Fsp3) is 0.353. The molecule has 5 nitrogen and oxygen atoms in total. The maximum atomic E-state index is 4.75.